The summed E-state index contributed by atoms with van der Waals surface area (Å²) in [5.74, 6) is 0.726. The van der Waals surface area contributed by atoms with E-state index in [1.54, 1.807) is 0 Å². The molecular weight excluding hydrogens is 210 g/mol. The monoisotopic (exact) mass is 233 g/mol. The van der Waals surface area contributed by atoms with E-state index in [1.165, 1.54) is 31.2 Å². The maximum Gasteiger partial charge on any atom is 0.211 e. The average molecular weight is 233 g/mol. The Morgan fingerprint density at radius 3 is 2.71 bits per heavy atom. The molecule has 0 saturated carbocycles. The van der Waals surface area contributed by atoms with Crippen LogP contribution in [0.3, 0.4) is 0 Å². The number of anilines is 1. The van der Waals surface area contributed by atoms with Gasteiger partial charge in [0.2, 0.25) is 6.41 Å². The van der Waals surface area contributed by atoms with Crippen LogP contribution in [0.2, 0.25) is 0 Å². The van der Waals surface area contributed by atoms with Crippen LogP contribution in [0.1, 0.15) is 45.1 Å². The Labute approximate surface area is 104 Å². The highest BCUT2D eigenvalue weighted by molar-refractivity contribution is 5.73. The number of hydrogen-bond donors (Lipinski definition) is 1. The van der Waals surface area contributed by atoms with E-state index in [1.807, 2.05) is 18.2 Å². The Balaban J connectivity index is 2.67. The zero-order valence-electron chi connectivity index (χ0n) is 10.9. The van der Waals surface area contributed by atoms with Gasteiger partial charge in [-0.3, -0.25) is 4.79 Å². The molecule has 0 saturated heterocycles. The van der Waals surface area contributed by atoms with Gasteiger partial charge in [0, 0.05) is 5.69 Å². The molecule has 17 heavy (non-hydrogen) atoms. The minimum atomic E-state index is 0.726. The third kappa shape index (κ3) is 4.59. The van der Waals surface area contributed by atoms with Crippen LogP contribution in [0.25, 0.3) is 0 Å². The second-order valence-electron chi connectivity index (χ2n) is 4.54. The first-order valence-corrected chi connectivity index (χ1v) is 6.59. The van der Waals surface area contributed by atoms with Gasteiger partial charge >= 0.3 is 0 Å². The van der Waals surface area contributed by atoms with E-state index in [-0.39, 0.29) is 0 Å². The first-order valence-electron chi connectivity index (χ1n) is 6.59. The number of hydrogen-bond acceptors (Lipinski definition) is 1. The van der Waals surface area contributed by atoms with E-state index in [9.17, 15) is 4.79 Å². The molecule has 2 nitrogen and oxygen atoms in total. The summed E-state index contributed by atoms with van der Waals surface area (Å²) in [7, 11) is 0. The van der Waals surface area contributed by atoms with E-state index in [0.717, 1.165) is 24.4 Å². The van der Waals surface area contributed by atoms with Crippen molar-refractivity contribution >= 4 is 12.1 Å². The van der Waals surface area contributed by atoms with Crippen molar-refractivity contribution in [2.75, 3.05) is 5.32 Å². The predicted octanol–water partition coefficient (Wildman–Crippen LogP) is 4.01. The van der Waals surface area contributed by atoms with E-state index < -0.39 is 0 Å². The number of amides is 1. The van der Waals surface area contributed by atoms with Crippen molar-refractivity contribution in [1.82, 2.24) is 0 Å². The number of unbranched alkanes of at least 4 members (excludes halogenated alkanes) is 1. The van der Waals surface area contributed by atoms with Gasteiger partial charge in [0.15, 0.2) is 0 Å². The number of carbonyl (C=O) groups excluding carboxylic acids is 1. The molecule has 94 valence electrons. The van der Waals surface area contributed by atoms with Gasteiger partial charge in [-0.25, -0.2) is 0 Å². The number of carbonyl (C=O) groups is 1. The molecule has 0 aliphatic carbocycles. The summed E-state index contributed by atoms with van der Waals surface area (Å²) in [5, 5.41) is 2.78. The van der Waals surface area contributed by atoms with Gasteiger partial charge in [-0.05, 0) is 24.0 Å². The van der Waals surface area contributed by atoms with E-state index in [0.29, 0.717) is 0 Å². The molecule has 1 aromatic rings. The molecule has 0 radical (unpaired) electrons. The largest absolute Gasteiger partial charge is 0.328 e. The predicted molar refractivity (Wildman–Crippen MR) is 73.1 cm³/mol. The molecule has 0 heterocycles. The van der Waals surface area contributed by atoms with Crippen molar-refractivity contribution in [2.24, 2.45) is 5.92 Å². The van der Waals surface area contributed by atoms with Gasteiger partial charge in [0.05, 0.1) is 0 Å². The standard InChI is InChI=1S/C15H23NO/c1-3-5-8-13(4-2)11-14-9-6-7-10-15(14)16-12-17/h6-7,9-10,12-13H,3-5,8,11H2,1-2H3,(H,16,17). The summed E-state index contributed by atoms with van der Waals surface area (Å²) in [6.45, 7) is 4.48. The van der Waals surface area contributed by atoms with Gasteiger partial charge in [-0.1, -0.05) is 57.7 Å². The number of rotatable bonds is 8. The molecule has 0 spiro atoms. The first kappa shape index (κ1) is 13.8. The lowest BCUT2D eigenvalue weighted by Crippen LogP contribution is -2.06. The second-order valence-corrected chi connectivity index (χ2v) is 4.54. The van der Waals surface area contributed by atoms with Crippen molar-refractivity contribution in [3.05, 3.63) is 29.8 Å². The number of para-hydroxylation sites is 1. The molecule has 0 fully saturated rings. The SMILES string of the molecule is CCCCC(CC)Cc1ccccc1NC=O. The lowest BCUT2D eigenvalue weighted by molar-refractivity contribution is -0.105. The van der Waals surface area contributed by atoms with E-state index >= 15 is 0 Å². The topological polar surface area (TPSA) is 29.1 Å². The van der Waals surface area contributed by atoms with Crippen LogP contribution in [0, 0.1) is 5.92 Å². The zero-order valence-corrected chi connectivity index (χ0v) is 10.9. The fourth-order valence-electron chi connectivity index (χ4n) is 2.16. The summed E-state index contributed by atoms with van der Waals surface area (Å²) in [4.78, 5) is 10.5. The molecule has 1 rings (SSSR count). The highest BCUT2D eigenvalue weighted by Crippen LogP contribution is 2.23. The molecule has 1 atom stereocenters. The van der Waals surface area contributed by atoms with Crippen LogP contribution in [-0.2, 0) is 11.2 Å². The molecule has 1 aromatic carbocycles. The van der Waals surface area contributed by atoms with Gasteiger partial charge in [0.1, 0.15) is 0 Å². The summed E-state index contributed by atoms with van der Waals surface area (Å²) in [5.41, 5.74) is 2.21. The van der Waals surface area contributed by atoms with Crippen molar-refractivity contribution in [1.29, 1.82) is 0 Å². The summed E-state index contributed by atoms with van der Waals surface area (Å²) in [6.07, 6.45) is 6.85. The Bertz CT molecular complexity index is 335. The Morgan fingerprint density at radius 2 is 2.06 bits per heavy atom. The lowest BCUT2D eigenvalue weighted by atomic mass is 9.91. The minimum Gasteiger partial charge on any atom is -0.328 e. The number of nitrogens with one attached hydrogen (secondary N) is 1. The van der Waals surface area contributed by atoms with Crippen molar-refractivity contribution in [3.63, 3.8) is 0 Å². The molecule has 1 unspecified atom stereocenters. The van der Waals surface area contributed by atoms with Gasteiger partial charge in [0.25, 0.3) is 0 Å². The van der Waals surface area contributed by atoms with E-state index in [2.05, 4.69) is 25.2 Å². The fraction of sp³-hybridized carbons (Fsp3) is 0.533. The van der Waals surface area contributed by atoms with E-state index in [4.69, 9.17) is 0 Å². The van der Waals surface area contributed by atoms with Crippen LogP contribution in [0.5, 0.6) is 0 Å². The van der Waals surface area contributed by atoms with Crippen LogP contribution in [-0.4, -0.2) is 6.41 Å². The van der Waals surface area contributed by atoms with Crippen LogP contribution >= 0.6 is 0 Å². The average Bonchev–Trinajstić information content (AvgIpc) is 2.36. The van der Waals surface area contributed by atoms with Crippen LogP contribution < -0.4 is 5.32 Å². The molecule has 1 N–H and O–H groups in total. The summed E-state index contributed by atoms with van der Waals surface area (Å²) < 4.78 is 0. The molecule has 0 aromatic heterocycles. The van der Waals surface area contributed by atoms with Crippen LogP contribution in [0.4, 0.5) is 5.69 Å². The van der Waals surface area contributed by atoms with Crippen LogP contribution in [0.15, 0.2) is 24.3 Å². The molecule has 0 aliphatic heterocycles. The van der Waals surface area contributed by atoms with Crippen molar-refractivity contribution in [2.45, 2.75) is 46.0 Å². The third-order valence-corrected chi connectivity index (χ3v) is 3.28. The highest BCUT2D eigenvalue weighted by Gasteiger charge is 2.09. The van der Waals surface area contributed by atoms with Gasteiger partial charge in [-0.15, -0.1) is 0 Å². The Morgan fingerprint density at radius 1 is 1.29 bits per heavy atom. The Kier molecular flexibility index (Phi) is 6.38. The molecule has 0 bridgehead atoms. The fourth-order valence-corrected chi connectivity index (χ4v) is 2.16. The first-order chi connectivity index (χ1) is 8.31. The van der Waals surface area contributed by atoms with Crippen molar-refractivity contribution < 1.29 is 4.79 Å². The lowest BCUT2D eigenvalue weighted by Gasteiger charge is -2.16. The maximum atomic E-state index is 10.5. The molecular formula is C15H23NO. The molecule has 2 heteroatoms. The Hall–Kier alpha value is -1.31. The normalized spacial score (nSPS) is 12.1. The third-order valence-electron chi connectivity index (χ3n) is 3.28. The summed E-state index contributed by atoms with van der Waals surface area (Å²) in [6, 6.07) is 8.08. The van der Waals surface area contributed by atoms with Crippen molar-refractivity contribution in [3.8, 4) is 0 Å². The smallest absolute Gasteiger partial charge is 0.211 e. The van der Waals surface area contributed by atoms with Gasteiger partial charge < -0.3 is 5.32 Å². The number of benzene rings is 1. The summed E-state index contributed by atoms with van der Waals surface area (Å²) >= 11 is 0. The maximum absolute atomic E-state index is 10.5. The quantitative estimate of drug-likeness (QED) is 0.675. The molecule has 0 aliphatic rings. The highest BCUT2D eigenvalue weighted by atomic mass is 16.1. The molecule has 1 amide bonds. The van der Waals surface area contributed by atoms with Gasteiger partial charge in [-0.2, -0.15) is 0 Å². The zero-order chi connectivity index (χ0) is 12.5. The minimum absolute atomic E-state index is 0.726. The second kappa shape index (κ2) is 7.88.